The number of nitriles is 1. The molecule has 7 nitrogen and oxygen atoms in total. The Morgan fingerprint density at radius 3 is 2.37 bits per heavy atom. The second-order valence-electron chi connectivity index (χ2n) is 5.83. The van der Waals surface area contributed by atoms with E-state index < -0.39 is 0 Å². The van der Waals surface area contributed by atoms with Crippen LogP contribution in [0.1, 0.15) is 17.3 Å². The topological polar surface area (TPSA) is 102 Å². The number of rotatable bonds is 3. The Balaban J connectivity index is 2.01. The lowest BCUT2D eigenvalue weighted by Crippen LogP contribution is -1.92. The second kappa shape index (κ2) is 6.67. The van der Waals surface area contributed by atoms with Crippen molar-refractivity contribution < 1.29 is 8.94 Å². The maximum Gasteiger partial charge on any atom is 0.248 e. The van der Waals surface area contributed by atoms with E-state index in [0.29, 0.717) is 50.8 Å². The molecule has 0 unspecified atom stereocenters. The van der Waals surface area contributed by atoms with Crippen molar-refractivity contribution >= 4 is 11.6 Å². The lowest BCUT2D eigenvalue weighted by molar-refractivity contribution is 0.394. The number of aryl methyl sites for hydroxylation is 2. The van der Waals surface area contributed by atoms with Gasteiger partial charge in [-0.15, -0.1) is 10.2 Å². The van der Waals surface area contributed by atoms with Crippen LogP contribution in [0.5, 0.6) is 0 Å². The Morgan fingerprint density at radius 1 is 0.926 bits per heavy atom. The number of hydrogen-bond donors (Lipinski definition) is 0. The molecule has 0 aliphatic rings. The largest absolute Gasteiger partial charge is 0.421 e. The van der Waals surface area contributed by atoms with Gasteiger partial charge in [0, 0.05) is 30.0 Å². The Kier molecular flexibility index (Phi) is 4.18. The SMILES string of the molecule is Cc1nc(-c2ccc(C#N)cc2-c2cc(Cl)ccc2-c2nnc(C)o2)no1. The molecule has 0 radical (unpaired) electrons. The van der Waals surface area contributed by atoms with Gasteiger partial charge in [0.15, 0.2) is 0 Å². The van der Waals surface area contributed by atoms with Crippen LogP contribution in [0, 0.1) is 25.2 Å². The van der Waals surface area contributed by atoms with Crippen LogP contribution in [0.2, 0.25) is 5.02 Å². The van der Waals surface area contributed by atoms with E-state index in [1.165, 1.54) is 0 Å². The first-order valence-electron chi connectivity index (χ1n) is 8.00. The summed E-state index contributed by atoms with van der Waals surface area (Å²) in [6, 6.07) is 12.7. The molecule has 27 heavy (non-hydrogen) atoms. The molecule has 0 aliphatic heterocycles. The van der Waals surface area contributed by atoms with Gasteiger partial charge >= 0.3 is 0 Å². The van der Waals surface area contributed by atoms with E-state index in [9.17, 15) is 5.26 Å². The standard InChI is InChI=1S/C19H12ClN5O2/c1-10-22-18(25-27-10)14-5-3-12(9-21)7-16(14)17-8-13(20)4-6-15(17)19-24-23-11(2)26-19/h3-8H,1-2H3. The van der Waals surface area contributed by atoms with Gasteiger partial charge in [0.2, 0.25) is 23.5 Å². The predicted molar refractivity (Wildman–Crippen MR) is 97.7 cm³/mol. The van der Waals surface area contributed by atoms with Crippen LogP contribution in [0.4, 0.5) is 0 Å². The van der Waals surface area contributed by atoms with Crippen molar-refractivity contribution in [3.05, 3.63) is 58.8 Å². The predicted octanol–water partition coefficient (Wildman–Crippen LogP) is 4.60. The highest BCUT2D eigenvalue weighted by atomic mass is 35.5. The first-order chi connectivity index (χ1) is 13.0. The van der Waals surface area contributed by atoms with Crippen molar-refractivity contribution in [2.75, 3.05) is 0 Å². The van der Waals surface area contributed by atoms with E-state index in [2.05, 4.69) is 26.4 Å². The van der Waals surface area contributed by atoms with Crippen LogP contribution in [-0.2, 0) is 0 Å². The molecular weight excluding hydrogens is 366 g/mol. The smallest absolute Gasteiger partial charge is 0.248 e. The molecule has 2 aromatic carbocycles. The quantitative estimate of drug-likeness (QED) is 0.514. The highest BCUT2D eigenvalue weighted by Gasteiger charge is 2.19. The van der Waals surface area contributed by atoms with Crippen molar-refractivity contribution in [2.45, 2.75) is 13.8 Å². The first-order valence-corrected chi connectivity index (χ1v) is 8.38. The molecule has 4 rings (SSSR count). The summed E-state index contributed by atoms with van der Waals surface area (Å²) in [4.78, 5) is 4.31. The molecule has 4 aromatic rings. The fraction of sp³-hybridized carbons (Fsp3) is 0.105. The van der Waals surface area contributed by atoms with Crippen molar-refractivity contribution in [1.82, 2.24) is 20.3 Å². The molecule has 0 atom stereocenters. The lowest BCUT2D eigenvalue weighted by Gasteiger charge is -2.11. The molecule has 0 N–H and O–H groups in total. The third-order valence-corrected chi connectivity index (χ3v) is 4.18. The minimum Gasteiger partial charge on any atom is -0.421 e. The van der Waals surface area contributed by atoms with Crippen molar-refractivity contribution in [3.63, 3.8) is 0 Å². The number of hydrogen-bond acceptors (Lipinski definition) is 7. The summed E-state index contributed by atoms with van der Waals surface area (Å²) in [6.45, 7) is 3.43. The summed E-state index contributed by atoms with van der Waals surface area (Å²) in [7, 11) is 0. The number of aromatic nitrogens is 4. The molecule has 0 amide bonds. The van der Waals surface area contributed by atoms with E-state index >= 15 is 0 Å². The maximum absolute atomic E-state index is 9.35. The minimum atomic E-state index is 0.358. The van der Waals surface area contributed by atoms with Gasteiger partial charge in [-0.1, -0.05) is 16.8 Å². The van der Waals surface area contributed by atoms with E-state index in [-0.39, 0.29) is 0 Å². The molecule has 0 aliphatic carbocycles. The van der Waals surface area contributed by atoms with E-state index in [0.717, 1.165) is 5.56 Å². The molecule has 8 heteroatoms. The summed E-state index contributed by atoms with van der Waals surface area (Å²) < 4.78 is 10.7. The monoisotopic (exact) mass is 377 g/mol. The summed E-state index contributed by atoms with van der Waals surface area (Å²) >= 11 is 6.25. The van der Waals surface area contributed by atoms with Gasteiger partial charge in [-0.05, 0) is 47.5 Å². The maximum atomic E-state index is 9.35. The summed E-state index contributed by atoms with van der Waals surface area (Å²) in [5.74, 6) is 1.67. The van der Waals surface area contributed by atoms with E-state index in [4.69, 9.17) is 20.5 Å². The van der Waals surface area contributed by atoms with Gasteiger partial charge in [0.05, 0.1) is 11.6 Å². The molecular formula is C19H12ClN5O2. The zero-order valence-electron chi connectivity index (χ0n) is 14.4. The molecule has 132 valence electrons. The van der Waals surface area contributed by atoms with E-state index in [1.807, 2.05) is 0 Å². The van der Waals surface area contributed by atoms with E-state index in [1.54, 1.807) is 50.2 Å². The molecule has 0 fully saturated rings. The van der Waals surface area contributed by atoms with Crippen LogP contribution in [0.15, 0.2) is 45.3 Å². The average Bonchev–Trinajstić information content (AvgIpc) is 3.29. The molecule has 2 aromatic heterocycles. The summed E-state index contributed by atoms with van der Waals surface area (Å²) in [5.41, 5.74) is 3.31. The molecule has 0 saturated carbocycles. The van der Waals surface area contributed by atoms with Gasteiger partial charge in [-0.2, -0.15) is 10.2 Å². The van der Waals surface area contributed by atoms with Gasteiger partial charge < -0.3 is 8.94 Å². The minimum absolute atomic E-state index is 0.358. The van der Waals surface area contributed by atoms with Gasteiger partial charge in [0.25, 0.3) is 0 Å². The van der Waals surface area contributed by atoms with Gasteiger partial charge in [-0.25, -0.2) is 0 Å². The summed E-state index contributed by atoms with van der Waals surface area (Å²) in [6.07, 6.45) is 0. The molecule has 0 bridgehead atoms. The molecule has 0 saturated heterocycles. The normalized spacial score (nSPS) is 10.7. The first kappa shape index (κ1) is 16.9. The Labute approximate surface area is 159 Å². The van der Waals surface area contributed by atoms with Crippen LogP contribution in [-0.4, -0.2) is 20.3 Å². The average molecular weight is 378 g/mol. The third kappa shape index (κ3) is 3.18. The Bertz CT molecular complexity index is 1190. The van der Waals surface area contributed by atoms with Gasteiger partial charge in [0.1, 0.15) is 0 Å². The van der Waals surface area contributed by atoms with Crippen LogP contribution >= 0.6 is 11.6 Å². The lowest BCUT2D eigenvalue weighted by atomic mass is 9.93. The highest BCUT2D eigenvalue weighted by Crippen LogP contribution is 2.39. The molecule has 0 spiro atoms. The summed E-state index contributed by atoms with van der Waals surface area (Å²) in [5, 5.41) is 21.9. The fourth-order valence-corrected chi connectivity index (χ4v) is 2.94. The van der Waals surface area contributed by atoms with Crippen molar-refractivity contribution in [3.8, 4) is 40.0 Å². The second-order valence-corrected chi connectivity index (χ2v) is 6.26. The zero-order chi connectivity index (χ0) is 19.0. The van der Waals surface area contributed by atoms with Crippen molar-refractivity contribution in [2.24, 2.45) is 0 Å². The number of benzene rings is 2. The van der Waals surface area contributed by atoms with Crippen LogP contribution < -0.4 is 0 Å². The van der Waals surface area contributed by atoms with Crippen LogP contribution in [0.3, 0.4) is 0 Å². The fourth-order valence-electron chi connectivity index (χ4n) is 2.77. The highest BCUT2D eigenvalue weighted by molar-refractivity contribution is 6.31. The molecule has 2 heterocycles. The number of nitrogens with zero attached hydrogens (tertiary/aromatic N) is 5. The Hall–Kier alpha value is -3.50. The Morgan fingerprint density at radius 2 is 1.70 bits per heavy atom. The number of halogens is 1. The third-order valence-electron chi connectivity index (χ3n) is 3.95. The van der Waals surface area contributed by atoms with Crippen LogP contribution in [0.25, 0.3) is 34.0 Å². The zero-order valence-corrected chi connectivity index (χ0v) is 15.2. The van der Waals surface area contributed by atoms with Crippen molar-refractivity contribution in [1.29, 1.82) is 5.26 Å². The van der Waals surface area contributed by atoms with Gasteiger partial charge in [-0.3, -0.25) is 0 Å².